The summed E-state index contributed by atoms with van der Waals surface area (Å²) in [5.74, 6) is -0.120. The first-order valence-electron chi connectivity index (χ1n) is 6.27. The van der Waals surface area contributed by atoms with Crippen LogP contribution < -0.4 is 10.9 Å². The van der Waals surface area contributed by atoms with Gasteiger partial charge in [0.2, 0.25) is 5.91 Å². The summed E-state index contributed by atoms with van der Waals surface area (Å²) < 4.78 is 28.8. The minimum atomic E-state index is -3.67. The molecule has 2 fully saturated rings. The number of ether oxygens (including phenoxy) is 1. The summed E-state index contributed by atoms with van der Waals surface area (Å²) in [6.45, 7) is 2.07. The van der Waals surface area contributed by atoms with Crippen LogP contribution >= 0.6 is 0 Å². The van der Waals surface area contributed by atoms with Gasteiger partial charge in [-0.2, -0.15) is 12.7 Å². The maximum atomic E-state index is 12.4. The molecule has 0 unspecified atom stereocenters. The van der Waals surface area contributed by atoms with E-state index in [1.54, 1.807) is 4.90 Å². The molecule has 19 heavy (non-hydrogen) atoms. The summed E-state index contributed by atoms with van der Waals surface area (Å²) >= 11 is 0. The van der Waals surface area contributed by atoms with Crippen LogP contribution in [-0.2, 0) is 19.7 Å². The van der Waals surface area contributed by atoms with Crippen LogP contribution in [0.15, 0.2) is 0 Å². The third-order valence-electron chi connectivity index (χ3n) is 3.70. The molecular weight excluding hydrogens is 272 g/mol. The maximum Gasteiger partial charge on any atom is 0.277 e. The fourth-order valence-corrected chi connectivity index (χ4v) is 3.08. The average Bonchev–Trinajstić information content (AvgIpc) is 2.38. The van der Waals surface area contributed by atoms with Crippen LogP contribution in [0.25, 0.3) is 0 Å². The Bertz CT molecular complexity index is 438. The van der Waals surface area contributed by atoms with E-state index in [0.717, 1.165) is 0 Å². The highest BCUT2D eigenvalue weighted by Gasteiger charge is 2.40. The van der Waals surface area contributed by atoms with Gasteiger partial charge in [-0.05, 0) is 12.8 Å². The van der Waals surface area contributed by atoms with Crippen LogP contribution in [0.1, 0.15) is 12.8 Å². The lowest BCUT2D eigenvalue weighted by atomic mass is 9.89. The molecule has 2 saturated heterocycles. The molecule has 2 heterocycles. The fourth-order valence-electron chi connectivity index (χ4n) is 2.41. The number of hydrogen-bond acceptors (Lipinski definition) is 5. The standard InChI is InChI=1S/C10H20N4O4S/c11-10(1-7-18-8-2-10)9(15)13-3-5-14(6-4-13)19(12,16)17/h1-8,11H2,(H2,12,16,17). The number of rotatable bonds is 2. The lowest BCUT2D eigenvalue weighted by Crippen LogP contribution is -2.62. The topological polar surface area (TPSA) is 119 Å². The highest BCUT2D eigenvalue weighted by Crippen LogP contribution is 2.21. The Kier molecular flexibility index (Phi) is 4.11. The zero-order valence-electron chi connectivity index (χ0n) is 10.7. The van der Waals surface area contributed by atoms with E-state index in [1.165, 1.54) is 4.31 Å². The zero-order chi connectivity index (χ0) is 14.1. The van der Waals surface area contributed by atoms with Gasteiger partial charge in [0, 0.05) is 39.4 Å². The van der Waals surface area contributed by atoms with Gasteiger partial charge in [-0.15, -0.1) is 0 Å². The fraction of sp³-hybridized carbons (Fsp3) is 0.900. The lowest BCUT2D eigenvalue weighted by Gasteiger charge is -2.40. The Morgan fingerprint density at radius 1 is 1.11 bits per heavy atom. The van der Waals surface area contributed by atoms with Crippen molar-refractivity contribution < 1.29 is 17.9 Å². The molecule has 8 nitrogen and oxygen atoms in total. The van der Waals surface area contributed by atoms with Crippen LogP contribution in [0.5, 0.6) is 0 Å². The summed E-state index contributed by atoms with van der Waals surface area (Å²) in [6, 6.07) is 0. The molecule has 0 aromatic heterocycles. The zero-order valence-corrected chi connectivity index (χ0v) is 11.6. The minimum Gasteiger partial charge on any atom is -0.381 e. The second kappa shape index (κ2) is 5.33. The van der Waals surface area contributed by atoms with Crippen molar-refractivity contribution >= 4 is 16.1 Å². The van der Waals surface area contributed by atoms with Gasteiger partial charge in [0.15, 0.2) is 0 Å². The van der Waals surface area contributed by atoms with Crippen molar-refractivity contribution in [2.45, 2.75) is 18.4 Å². The number of nitrogens with two attached hydrogens (primary N) is 2. The molecule has 4 N–H and O–H groups in total. The van der Waals surface area contributed by atoms with E-state index in [1.807, 2.05) is 0 Å². The van der Waals surface area contributed by atoms with Crippen LogP contribution in [0.2, 0.25) is 0 Å². The molecule has 0 radical (unpaired) electrons. The van der Waals surface area contributed by atoms with Gasteiger partial charge in [-0.3, -0.25) is 4.79 Å². The van der Waals surface area contributed by atoms with Crippen LogP contribution in [-0.4, -0.2) is 68.5 Å². The molecule has 2 aliphatic rings. The third-order valence-corrected chi connectivity index (χ3v) is 4.78. The van der Waals surface area contributed by atoms with Gasteiger partial charge in [0.1, 0.15) is 0 Å². The molecule has 0 aromatic carbocycles. The lowest BCUT2D eigenvalue weighted by molar-refractivity contribution is -0.141. The van der Waals surface area contributed by atoms with E-state index in [9.17, 15) is 13.2 Å². The van der Waals surface area contributed by atoms with Crippen LogP contribution in [0.3, 0.4) is 0 Å². The summed E-state index contributed by atoms with van der Waals surface area (Å²) in [5.41, 5.74) is 5.25. The number of carbonyl (C=O) groups excluding carboxylic acids is 1. The first-order chi connectivity index (χ1) is 8.83. The van der Waals surface area contributed by atoms with E-state index in [-0.39, 0.29) is 19.0 Å². The Morgan fingerprint density at radius 2 is 1.63 bits per heavy atom. The Morgan fingerprint density at radius 3 is 2.11 bits per heavy atom. The van der Waals surface area contributed by atoms with E-state index in [0.29, 0.717) is 39.1 Å². The van der Waals surface area contributed by atoms with Crippen LogP contribution in [0, 0.1) is 0 Å². The summed E-state index contributed by atoms with van der Waals surface area (Å²) in [7, 11) is -3.67. The van der Waals surface area contributed by atoms with Gasteiger partial charge in [0.25, 0.3) is 10.2 Å². The maximum absolute atomic E-state index is 12.4. The Balaban J connectivity index is 1.96. The highest BCUT2D eigenvalue weighted by molar-refractivity contribution is 7.86. The van der Waals surface area contributed by atoms with Gasteiger partial charge in [0.05, 0.1) is 5.54 Å². The van der Waals surface area contributed by atoms with Crippen molar-refractivity contribution in [1.82, 2.24) is 9.21 Å². The van der Waals surface area contributed by atoms with Crippen molar-refractivity contribution in [3.05, 3.63) is 0 Å². The number of hydrogen-bond donors (Lipinski definition) is 2. The second-order valence-corrected chi connectivity index (χ2v) is 6.55. The van der Waals surface area contributed by atoms with Gasteiger partial charge in [-0.25, -0.2) is 5.14 Å². The largest absolute Gasteiger partial charge is 0.381 e. The molecule has 9 heteroatoms. The predicted octanol–water partition coefficient (Wildman–Crippen LogP) is -2.16. The molecular formula is C10H20N4O4S. The molecule has 0 aliphatic carbocycles. The molecule has 0 atom stereocenters. The van der Waals surface area contributed by atoms with Gasteiger partial charge in [-0.1, -0.05) is 0 Å². The monoisotopic (exact) mass is 292 g/mol. The SMILES string of the molecule is NC1(C(=O)N2CCN(S(N)(=O)=O)CC2)CCOCC1. The normalized spacial score (nSPS) is 25.3. The molecule has 1 amide bonds. The van der Waals surface area contributed by atoms with Crippen molar-refractivity contribution in [2.75, 3.05) is 39.4 Å². The molecule has 2 rings (SSSR count). The number of nitrogens with zero attached hydrogens (tertiary/aromatic N) is 2. The Hall–Kier alpha value is -0.740. The minimum absolute atomic E-state index is 0.120. The van der Waals surface area contributed by atoms with E-state index in [2.05, 4.69) is 0 Å². The molecule has 0 aromatic rings. The molecule has 0 bridgehead atoms. The first kappa shape index (κ1) is 14.7. The average molecular weight is 292 g/mol. The Labute approximate surface area is 112 Å². The molecule has 110 valence electrons. The summed E-state index contributed by atoms with van der Waals surface area (Å²) in [5, 5.41) is 5.05. The van der Waals surface area contributed by atoms with Gasteiger partial charge >= 0.3 is 0 Å². The van der Waals surface area contributed by atoms with Crippen molar-refractivity contribution in [1.29, 1.82) is 0 Å². The first-order valence-corrected chi connectivity index (χ1v) is 7.77. The summed E-state index contributed by atoms with van der Waals surface area (Å²) in [6.07, 6.45) is 1.00. The number of amides is 1. The third kappa shape index (κ3) is 3.23. The van der Waals surface area contributed by atoms with E-state index >= 15 is 0 Å². The highest BCUT2D eigenvalue weighted by atomic mass is 32.2. The number of carbonyl (C=O) groups is 1. The quantitative estimate of drug-likeness (QED) is 0.601. The van der Waals surface area contributed by atoms with Crippen molar-refractivity contribution in [3.63, 3.8) is 0 Å². The van der Waals surface area contributed by atoms with Crippen molar-refractivity contribution in [2.24, 2.45) is 10.9 Å². The van der Waals surface area contributed by atoms with E-state index < -0.39 is 15.7 Å². The second-order valence-electron chi connectivity index (χ2n) is 5.00. The van der Waals surface area contributed by atoms with Crippen molar-refractivity contribution in [3.8, 4) is 0 Å². The van der Waals surface area contributed by atoms with Gasteiger partial charge < -0.3 is 15.4 Å². The molecule has 2 aliphatic heterocycles. The molecule has 0 saturated carbocycles. The number of piperazine rings is 1. The molecule has 0 spiro atoms. The van der Waals surface area contributed by atoms with E-state index in [4.69, 9.17) is 15.6 Å². The summed E-state index contributed by atoms with van der Waals surface area (Å²) in [4.78, 5) is 14.0. The van der Waals surface area contributed by atoms with Crippen LogP contribution in [0.4, 0.5) is 0 Å². The smallest absolute Gasteiger partial charge is 0.277 e. The predicted molar refractivity (Wildman–Crippen MR) is 68.2 cm³/mol.